The molecule has 0 aliphatic carbocycles. The molecule has 0 amide bonds. The van der Waals surface area contributed by atoms with Crippen molar-refractivity contribution in [3.05, 3.63) is 75.1 Å². The molecule has 0 bridgehead atoms. The fourth-order valence-electron chi connectivity index (χ4n) is 2.11. The van der Waals surface area contributed by atoms with E-state index in [9.17, 15) is 4.79 Å². The van der Waals surface area contributed by atoms with Crippen molar-refractivity contribution in [1.82, 2.24) is 4.98 Å². The third-order valence-corrected chi connectivity index (χ3v) is 4.31. The van der Waals surface area contributed by atoms with E-state index < -0.39 is 5.97 Å². The molecule has 3 nitrogen and oxygen atoms in total. The normalized spacial score (nSPS) is 10.6. The van der Waals surface area contributed by atoms with Crippen LogP contribution < -0.4 is 0 Å². The Labute approximate surface area is 136 Å². The molecule has 110 valence electrons. The van der Waals surface area contributed by atoms with Gasteiger partial charge in [0.15, 0.2) is 0 Å². The van der Waals surface area contributed by atoms with Crippen LogP contribution in [0.4, 0.5) is 0 Å². The molecule has 0 saturated carbocycles. The molecule has 1 heterocycles. The zero-order valence-electron chi connectivity index (χ0n) is 11.5. The summed E-state index contributed by atoms with van der Waals surface area (Å²) in [7, 11) is 0. The van der Waals surface area contributed by atoms with Crippen LogP contribution >= 0.6 is 22.9 Å². The number of carbonyl (C=O) groups is 1. The van der Waals surface area contributed by atoms with E-state index in [4.69, 9.17) is 16.7 Å². The molecule has 0 aliphatic rings. The van der Waals surface area contributed by atoms with Gasteiger partial charge in [0.25, 0.3) is 0 Å². The molecule has 0 radical (unpaired) electrons. The number of halogens is 1. The summed E-state index contributed by atoms with van der Waals surface area (Å²) in [6.07, 6.45) is 0.686. The lowest BCUT2D eigenvalue weighted by atomic mass is 10.1. The Morgan fingerprint density at radius 3 is 2.64 bits per heavy atom. The van der Waals surface area contributed by atoms with Gasteiger partial charge in [-0.25, -0.2) is 9.78 Å². The third-order valence-electron chi connectivity index (χ3n) is 3.23. The SMILES string of the molecule is O=C(O)c1ccc(Cc2nc(-c3cccc(Cl)c3)cs2)cc1. The van der Waals surface area contributed by atoms with Crippen molar-refractivity contribution < 1.29 is 9.90 Å². The maximum absolute atomic E-state index is 10.8. The van der Waals surface area contributed by atoms with Crippen molar-refractivity contribution in [2.45, 2.75) is 6.42 Å². The molecule has 5 heteroatoms. The van der Waals surface area contributed by atoms with Crippen LogP contribution in [-0.2, 0) is 6.42 Å². The van der Waals surface area contributed by atoms with Crippen molar-refractivity contribution in [2.75, 3.05) is 0 Å². The van der Waals surface area contributed by atoms with Crippen molar-refractivity contribution in [1.29, 1.82) is 0 Å². The first-order chi connectivity index (χ1) is 10.6. The average molecular weight is 330 g/mol. The summed E-state index contributed by atoms with van der Waals surface area (Å²) in [5.41, 5.74) is 3.24. The fourth-order valence-corrected chi connectivity index (χ4v) is 3.14. The second-order valence-electron chi connectivity index (χ2n) is 4.82. The van der Waals surface area contributed by atoms with E-state index in [0.29, 0.717) is 17.0 Å². The summed E-state index contributed by atoms with van der Waals surface area (Å²) in [6, 6.07) is 14.5. The van der Waals surface area contributed by atoms with E-state index in [-0.39, 0.29) is 0 Å². The van der Waals surface area contributed by atoms with Gasteiger partial charge in [-0.2, -0.15) is 0 Å². The van der Waals surface area contributed by atoms with E-state index in [0.717, 1.165) is 21.8 Å². The molecular formula is C17H12ClNO2S. The number of hydrogen-bond donors (Lipinski definition) is 1. The first-order valence-electron chi connectivity index (χ1n) is 6.64. The van der Waals surface area contributed by atoms with Gasteiger partial charge >= 0.3 is 5.97 Å². The lowest BCUT2D eigenvalue weighted by Crippen LogP contribution is -1.96. The van der Waals surface area contributed by atoms with Crippen molar-refractivity contribution in [2.24, 2.45) is 0 Å². The molecule has 0 saturated heterocycles. The molecule has 2 aromatic carbocycles. The molecule has 0 spiro atoms. The zero-order chi connectivity index (χ0) is 15.5. The zero-order valence-corrected chi connectivity index (χ0v) is 13.1. The lowest BCUT2D eigenvalue weighted by molar-refractivity contribution is 0.0697. The predicted octanol–water partition coefficient (Wildman–Crippen LogP) is 4.75. The van der Waals surface area contributed by atoms with Crippen LogP contribution in [-0.4, -0.2) is 16.1 Å². The Morgan fingerprint density at radius 2 is 1.95 bits per heavy atom. The van der Waals surface area contributed by atoms with Crippen molar-refractivity contribution >= 4 is 28.9 Å². The Morgan fingerprint density at radius 1 is 1.18 bits per heavy atom. The largest absolute Gasteiger partial charge is 0.478 e. The predicted molar refractivity (Wildman–Crippen MR) is 88.8 cm³/mol. The number of nitrogens with zero attached hydrogens (tertiary/aromatic N) is 1. The van der Waals surface area contributed by atoms with E-state index in [1.165, 1.54) is 0 Å². The highest BCUT2D eigenvalue weighted by Crippen LogP contribution is 2.25. The first kappa shape index (κ1) is 14.8. The second-order valence-corrected chi connectivity index (χ2v) is 6.19. The van der Waals surface area contributed by atoms with E-state index in [1.807, 2.05) is 41.8 Å². The molecule has 0 aliphatic heterocycles. The first-order valence-corrected chi connectivity index (χ1v) is 7.90. The van der Waals surface area contributed by atoms with Crippen molar-refractivity contribution in [3.8, 4) is 11.3 Å². The lowest BCUT2D eigenvalue weighted by Gasteiger charge is -2.00. The maximum atomic E-state index is 10.8. The number of carboxylic acids is 1. The molecule has 1 aromatic heterocycles. The van der Waals surface area contributed by atoms with Gasteiger partial charge in [-0.05, 0) is 29.8 Å². The molecule has 22 heavy (non-hydrogen) atoms. The average Bonchev–Trinajstić information content (AvgIpc) is 2.96. The van der Waals surface area contributed by atoms with Crippen molar-refractivity contribution in [3.63, 3.8) is 0 Å². The smallest absolute Gasteiger partial charge is 0.335 e. The molecule has 1 N–H and O–H groups in total. The van der Waals surface area contributed by atoms with Crippen LogP contribution in [0.25, 0.3) is 11.3 Å². The van der Waals surface area contributed by atoms with E-state index in [1.54, 1.807) is 23.5 Å². The minimum atomic E-state index is -0.913. The second kappa shape index (κ2) is 6.30. The van der Waals surface area contributed by atoms with Crippen LogP contribution in [0.2, 0.25) is 5.02 Å². The van der Waals surface area contributed by atoms with Gasteiger partial charge in [0.05, 0.1) is 16.3 Å². The number of benzene rings is 2. The summed E-state index contributed by atoms with van der Waals surface area (Å²) < 4.78 is 0. The number of aromatic carboxylic acids is 1. The molecule has 0 unspecified atom stereocenters. The Bertz CT molecular complexity index is 812. The fraction of sp³-hybridized carbons (Fsp3) is 0.0588. The highest BCUT2D eigenvalue weighted by Gasteiger charge is 2.07. The standard InChI is InChI=1S/C17H12ClNO2S/c18-14-3-1-2-13(9-14)15-10-22-16(19-15)8-11-4-6-12(7-5-11)17(20)21/h1-7,9-10H,8H2,(H,20,21). The van der Waals surface area contributed by atoms with Crippen LogP contribution in [0.3, 0.4) is 0 Å². The Hall–Kier alpha value is -2.17. The molecule has 0 atom stereocenters. The Balaban J connectivity index is 1.78. The third kappa shape index (κ3) is 3.35. The van der Waals surface area contributed by atoms with Gasteiger partial charge in [-0.3, -0.25) is 0 Å². The van der Waals surface area contributed by atoms with Gasteiger partial charge in [0, 0.05) is 22.4 Å². The quantitative estimate of drug-likeness (QED) is 0.751. The monoisotopic (exact) mass is 329 g/mol. The summed E-state index contributed by atoms with van der Waals surface area (Å²) in [5.74, 6) is -0.913. The number of hydrogen-bond acceptors (Lipinski definition) is 3. The molecule has 3 rings (SSSR count). The van der Waals surface area contributed by atoms with Gasteiger partial charge < -0.3 is 5.11 Å². The number of aromatic nitrogens is 1. The topological polar surface area (TPSA) is 50.2 Å². The molecular weight excluding hydrogens is 318 g/mol. The van der Waals surface area contributed by atoms with Crippen LogP contribution in [0, 0.1) is 0 Å². The summed E-state index contributed by atoms with van der Waals surface area (Å²) in [6.45, 7) is 0. The van der Waals surface area contributed by atoms with Crippen LogP contribution in [0.15, 0.2) is 53.9 Å². The summed E-state index contributed by atoms with van der Waals surface area (Å²) in [4.78, 5) is 15.5. The minimum absolute atomic E-state index is 0.294. The van der Waals surface area contributed by atoms with E-state index >= 15 is 0 Å². The number of rotatable bonds is 4. The highest BCUT2D eigenvalue weighted by atomic mass is 35.5. The summed E-state index contributed by atoms with van der Waals surface area (Å²) >= 11 is 7.58. The van der Waals surface area contributed by atoms with Gasteiger partial charge in [-0.1, -0.05) is 35.9 Å². The molecule has 0 fully saturated rings. The minimum Gasteiger partial charge on any atom is -0.478 e. The molecule has 3 aromatic rings. The van der Waals surface area contributed by atoms with Crippen LogP contribution in [0.5, 0.6) is 0 Å². The Kier molecular flexibility index (Phi) is 4.22. The number of carboxylic acid groups (broad SMARTS) is 1. The number of thiazole rings is 1. The van der Waals surface area contributed by atoms with Gasteiger partial charge in [0.1, 0.15) is 0 Å². The van der Waals surface area contributed by atoms with Gasteiger partial charge in [0.2, 0.25) is 0 Å². The summed E-state index contributed by atoms with van der Waals surface area (Å²) in [5, 5.41) is 12.6. The van der Waals surface area contributed by atoms with E-state index in [2.05, 4.69) is 4.98 Å². The maximum Gasteiger partial charge on any atom is 0.335 e. The van der Waals surface area contributed by atoms with Gasteiger partial charge in [-0.15, -0.1) is 11.3 Å². The highest BCUT2D eigenvalue weighted by molar-refractivity contribution is 7.10. The van der Waals surface area contributed by atoms with Crippen LogP contribution in [0.1, 0.15) is 20.9 Å².